The molecule has 0 bridgehead atoms. The molecule has 0 fully saturated rings. The first kappa shape index (κ1) is 99.1. The van der Waals surface area contributed by atoms with Gasteiger partial charge in [-0.25, -0.2) is 9.13 Å². The summed E-state index contributed by atoms with van der Waals surface area (Å²) in [6.07, 6.45) is 66.4. The first-order valence-electron chi connectivity index (χ1n) is 42.6. The van der Waals surface area contributed by atoms with Gasteiger partial charge in [0.25, 0.3) is 0 Å². The molecule has 19 heteroatoms. The minimum Gasteiger partial charge on any atom is -0.462 e. The van der Waals surface area contributed by atoms with Gasteiger partial charge in [-0.3, -0.25) is 37.3 Å². The maximum atomic E-state index is 13.1. The highest BCUT2D eigenvalue weighted by molar-refractivity contribution is 7.47. The number of carbonyl (C=O) groups excluding carboxylic acids is 4. The van der Waals surface area contributed by atoms with Gasteiger partial charge in [0, 0.05) is 25.7 Å². The van der Waals surface area contributed by atoms with Crippen molar-refractivity contribution in [3.05, 3.63) is 0 Å². The lowest BCUT2D eigenvalue weighted by atomic mass is 10.0. The van der Waals surface area contributed by atoms with E-state index in [1.807, 2.05) is 0 Å². The standard InChI is InChI=1S/C82H160O17P2/c1-6-9-12-15-18-21-24-27-29-31-36-41-46-51-56-61-66-80(85)93-72-78(99-82(87)68-63-58-53-48-43-38-33-32-35-39-44-49-54-59-64-75(4)5)74-97-101(90,91)95-70-76(83)69-94-100(88,89)96-73-77(71-92-79(84)65-60-55-50-45-40-34-26-23-20-17-14-11-8-3)98-81(86)67-62-57-52-47-42-37-30-28-25-22-19-16-13-10-7-2/h75-78,83H,6-74H2,1-5H3,(H,88,89)(H,90,91)/t76-,77+,78+/m0/s1. The summed E-state index contributed by atoms with van der Waals surface area (Å²) in [4.78, 5) is 73.1. The Balaban J connectivity index is 5.27. The Bertz CT molecular complexity index is 1930. The molecule has 2 unspecified atom stereocenters. The van der Waals surface area contributed by atoms with Gasteiger partial charge in [-0.05, 0) is 31.6 Å². The first-order valence-corrected chi connectivity index (χ1v) is 45.6. The highest BCUT2D eigenvalue weighted by atomic mass is 31.2. The van der Waals surface area contributed by atoms with Crippen LogP contribution in [0.2, 0.25) is 0 Å². The van der Waals surface area contributed by atoms with E-state index >= 15 is 0 Å². The molecule has 0 amide bonds. The Morgan fingerprint density at radius 1 is 0.267 bits per heavy atom. The van der Waals surface area contributed by atoms with E-state index < -0.39 is 97.5 Å². The Hall–Kier alpha value is -1.94. The number of carbonyl (C=O) groups is 4. The molecule has 5 atom stereocenters. The molecule has 0 saturated carbocycles. The second-order valence-electron chi connectivity index (χ2n) is 30.0. The number of hydrogen-bond acceptors (Lipinski definition) is 15. The van der Waals surface area contributed by atoms with Crippen molar-refractivity contribution in [2.75, 3.05) is 39.6 Å². The molecular formula is C82H160O17P2. The molecule has 0 heterocycles. The van der Waals surface area contributed by atoms with Crippen LogP contribution in [0.4, 0.5) is 0 Å². The zero-order valence-corrected chi connectivity index (χ0v) is 67.8. The minimum absolute atomic E-state index is 0.109. The van der Waals surface area contributed by atoms with Gasteiger partial charge in [0.1, 0.15) is 19.3 Å². The number of rotatable bonds is 82. The van der Waals surface area contributed by atoms with Crippen LogP contribution in [0.3, 0.4) is 0 Å². The summed E-state index contributed by atoms with van der Waals surface area (Å²) in [6, 6.07) is 0. The normalized spacial score (nSPS) is 13.8. The molecule has 600 valence electrons. The van der Waals surface area contributed by atoms with Crippen LogP contribution in [-0.4, -0.2) is 96.7 Å². The van der Waals surface area contributed by atoms with Gasteiger partial charge in [0.2, 0.25) is 0 Å². The summed E-state index contributed by atoms with van der Waals surface area (Å²) in [6.45, 7) is 7.37. The Labute approximate surface area is 619 Å². The zero-order chi connectivity index (χ0) is 74.1. The number of ether oxygens (including phenoxy) is 4. The van der Waals surface area contributed by atoms with Crippen molar-refractivity contribution in [3.8, 4) is 0 Å². The van der Waals surface area contributed by atoms with E-state index in [9.17, 15) is 43.2 Å². The topological polar surface area (TPSA) is 237 Å². The predicted octanol–water partition coefficient (Wildman–Crippen LogP) is 24.8. The van der Waals surface area contributed by atoms with E-state index in [0.29, 0.717) is 25.7 Å². The highest BCUT2D eigenvalue weighted by Gasteiger charge is 2.30. The summed E-state index contributed by atoms with van der Waals surface area (Å²) >= 11 is 0. The molecule has 101 heavy (non-hydrogen) atoms. The third kappa shape index (κ3) is 76.1. The molecule has 0 aromatic heterocycles. The molecule has 0 radical (unpaired) electrons. The molecule has 0 aliphatic carbocycles. The maximum Gasteiger partial charge on any atom is 0.472 e. The largest absolute Gasteiger partial charge is 0.472 e. The summed E-state index contributed by atoms with van der Waals surface area (Å²) in [5.74, 6) is -1.31. The van der Waals surface area contributed by atoms with Crippen LogP contribution < -0.4 is 0 Å². The van der Waals surface area contributed by atoms with Crippen LogP contribution >= 0.6 is 15.6 Å². The average Bonchev–Trinajstić information content (AvgIpc) is 0.944. The van der Waals surface area contributed by atoms with E-state index in [0.717, 1.165) is 95.8 Å². The van der Waals surface area contributed by atoms with Crippen molar-refractivity contribution in [2.45, 2.75) is 457 Å². The summed E-state index contributed by atoms with van der Waals surface area (Å²) < 4.78 is 68.8. The fourth-order valence-electron chi connectivity index (χ4n) is 12.8. The van der Waals surface area contributed by atoms with Crippen molar-refractivity contribution >= 4 is 39.5 Å². The quantitative estimate of drug-likeness (QED) is 0.0222. The van der Waals surface area contributed by atoms with Crippen LogP contribution in [0, 0.1) is 5.92 Å². The lowest BCUT2D eigenvalue weighted by Gasteiger charge is -2.21. The van der Waals surface area contributed by atoms with Crippen molar-refractivity contribution in [2.24, 2.45) is 5.92 Å². The number of phosphoric acid groups is 2. The van der Waals surface area contributed by atoms with Crippen LogP contribution in [0.5, 0.6) is 0 Å². The second-order valence-corrected chi connectivity index (χ2v) is 32.9. The Morgan fingerprint density at radius 3 is 0.673 bits per heavy atom. The monoisotopic (exact) mass is 1480 g/mol. The van der Waals surface area contributed by atoms with Crippen molar-refractivity contribution in [1.82, 2.24) is 0 Å². The fourth-order valence-corrected chi connectivity index (χ4v) is 14.3. The fraction of sp³-hybridized carbons (Fsp3) is 0.951. The van der Waals surface area contributed by atoms with Crippen molar-refractivity contribution < 1.29 is 80.2 Å². The first-order chi connectivity index (χ1) is 49.0. The van der Waals surface area contributed by atoms with E-state index in [2.05, 4.69) is 34.6 Å². The molecule has 0 aliphatic rings. The van der Waals surface area contributed by atoms with E-state index in [-0.39, 0.29) is 25.7 Å². The molecule has 0 saturated heterocycles. The number of aliphatic hydroxyl groups excluding tert-OH is 1. The molecule has 0 aromatic rings. The molecule has 3 N–H and O–H groups in total. The molecular weight excluding hydrogens is 1320 g/mol. The lowest BCUT2D eigenvalue weighted by molar-refractivity contribution is -0.161. The van der Waals surface area contributed by atoms with Crippen LogP contribution in [-0.2, 0) is 65.4 Å². The third-order valence-electron chi connectivity index (χ3n) is 19.3. The zero-order valence-electron chi connectivity index (χ0n) is 66.1. The van der Waals surface area contributed by atoms with Gasteiger partial charge in [-0.2, -0.15) is 0 Å². The highest BCUT2D eigenvalue weighted by Crippen LogP contribution is 2.45. The number of esters is 4. The van der Waals surface area contributed by atoms with E-state index in [1.165, 1.54) is 263 Å². The van der Waals surface area contributed by atoms with Gasteiger partial charge in [0.05, 0.1) is 26.4 Å². The molecule has 0 spiro atoms. The molecule has 0 aromatic carbocycles. The summed E-state index contributed by atoms with van der Waals surface area (Å²) in [5.41, 5.74) is 0. The second kappa shape index (κ2) is 74.9. The van der Waals surface area contributed by atoms with Crippen molar-refractivity contribution in [3.63, 3.8) is 0 Å². The molecule has 0 rings (SSSR count). The number of phosphoric ester groups is 2. The smallest absolute Gasteiger partial charge is 0.462 e. The molecule has 17 nitrogen and oxygen atoms in total. The predicted molar refractivity (Wildman–Crippen MR) is 414 cm³/mol. The number of aliphatic hydroxyl groups is 1. The van der Waals surface area contributed by atoms with Gasteiger partial charge in [-0.15, -0.1) is 0 Å². The summed E-state index contributed by atoms with van der Waals surface area (Å²) in [7, 11) is -9.92. The molecule has 0 aliphatic heterocycles. The van der Waals surface area contributed by atoms with Crippen molar-refractivity contribution in [1.29, 1.82) is 0 Å². The van der Waals surface area contributed by atoms with Crippen LogP contribution in [0.15, 0.2) is 0 Å². The number of unbranched alkanes of at least 4 members (excludes halogenated alkanes) is 54. The minimum atomic E-state index is -4.96. The Morgan fingerprint density at radius 2 is 0.455 bits per heavy atom. The van der Waals surface area contributed by atoms with Crippen LogP contribution in [0.25, 0.3) is 0 Å². The SMILES string of the molecule is CCCCCCCCCCCCCCCCCCC(=O)OC[C@H](COP(=O)(O)OC[C@@H](O)COP(=O)(O)OC[C@@H](COC(=O)CCCCCCCCCCCCCCC)OC(=O)CCCCCCCCCCCCCCCCC)OC(=O)CCCCCCCCCCCCCCCCC(C)C. The summed E-state index contributed by atoms with van der Waals surface area (Å²) in [5, 5.41) is 10.7. The average molecular weight is 1480 g/mol. The maximum absolute atomic E-state index is 13.1. The Kier molecular flexibility index (Phi) is 73.5. The van der Waals surface area contributed by atoms with Gasteiger partial charge in [0.15, 0.2) is 12.2 Å². The number of hydrogen-bond donors (Lipinski definition) is 3. The third-order valence-corrected chi connectivity index (χ3v) is 21.2. The van der Waals surface area contributed by atoms with E-state index in [1.54, 1.807) is 0 Å². The van der Waals surface area contributed by atoms with Gasteiger partial charge in [-0.1, -0.05) is 388 Å². The van der Waals surface area contributed by atoms with Gasteiger partial charge < -0.3 is 33.8 Å². The van der Waals surface area contributed by atoms with Gasteiger partial charge >= 0.3 is 39.5 Å². The lowest BCUT2D eigenvalue weighted by Crippen LogP contribution is -2.30. The van der Waals surface area contributed by atoms with E-state index in [4.69, 9.17) is 37.0 Å². The van der Waals surface area contributed by atoms with Crippen LogP contribution in [0.1, 0.15) is 439 Å².